The maximum Gasteiger partial charge on any atom is 0.270 e. The number of pyridine rings is 2. The van der Waals surface area contributed by atoms with Crippen molar-refractivity contribution in [3.8, 4) is 34.3 Å². The zero-order chi connectivity index (χ0) is 29.7. The first-order valence-electron chi connectivity index (χ1n) is 14.1. The molecule has 1 aliphatic heterocycles. The SMILES string of the molecule is COc1cccc(C(=O)NC2(C)C[C@H]3CN(c4cnc(-c5cc(-c6cnn(C)c6)cn6ncc(C#N)c56)cn4)C[C@H]3C2)n1. The Balaban J connectivity index is 1.08. The molecule has 43 heavy (non-hydrogen) atoms. The number of aromatic nitrogens is 7. The van der Waals surface area contributed by atoms with Gasteiger partial charge in [-0.3, -0.25) is 14.5 Å². The summed E-state index contributed by atoms with van der Waals surface area (Å²) >= 11 is 0. The number of aryl methyl sites for hydroxylation is 1. The number of amides is 1. The van der Waals surface area contributed by atoms with Crippen LogP contribution < -0.4 is 15.0 Å². The van der Waals surface area contributed by atoms with Crippen molar-refractivity contribution in [1.82, 2.24) is 39.7 Å². The maximum atomic E-state index is 13.0. The molecule has 1 aliphatic carbocycles. The number of nitrogens with one attached hydrogen (secondary N) is 1. The molecule has 0 bridgehead atoms. The Morgan fingerprint density at radius 3 is 2.56 bits per heavy atom. The highest BCUT2D eigenvalue weighted by molar-refractivity contribution is 5.93. The van der Waals surface area contributed by atoms with Gasteiger partial charge < -0.3 is 15.0 Å². The van der Waals surface area contributed by atoms with Crippen LogP contribution in [0.3, 0.4) is 0 Å². The number of rotatable bonds is 6. The predicted octanol–water partition coefficient (Wildman–Crippen LogP) is 3.50. The molecular formula is C31H30N10O2. The van der Waals surface area contributed by atoms with Gasteiger partial charge in [-0.15, -0.1) is 0 Å². The highest BCUT2D eigenvalue weighted by Crippen LogP contribution is 2.44. The van der Waals surface area contributed by atoms with Crippen LogP contribution in [0.4, 0.5) is 5.82 Å². The van der Waals surface area contributed by atoms with Crippen LogP contribution in [0, 0.1) is 23.2 Å². The van der Waals surface area contributed by atoms with Crippen LogP contribution in [-0.4, -0.2) is 66.0 Å². The summed E-state index contributed by atoms with van der Waals surface area (Å²) in [5.74, 6) is 1.93. The third-order valence-corrected chi connectivity index (χ3v) is 8.59. The van der Waals surface area contributed by atoms with E-state index in [2.05, 4.69) is 38.4 Å². The molecule has 1 saturated heterocycles. The lowest BCUT2D eigenvalue weighted by atomic mass is 9.97. The van der Waals surface area contributed by atoms with Gasteiger partial charge in [0.2, 0.25) is 5.88 Å². The Morgan fingerprint density at radius 1 is 1.07 bits per heavy atom. The van der Waals surface area contributed by atoms with Crippen LogP contribution in [0.5, 0.6) is 5.88 Å². The number of hydrogen-bond acceptors (Lipinski definition) is 9. The summed E-state index contributed by atoms with van der Waals surface area (Å²) in [5, 5.41) is 21.7. The van der Waals surface area contributed by atoms with Crippen LogP contribution in [0.25, 0.3) is 27.9 Å². The first-order chi connectivity index (χ1) is 20.8. The summed E-state index contributed by atoms with van der Waals surface area (Å²) in [4.78, 5) is 29.1. The lowest BCUT2D eigenvalue weighted by Crippen LogP contribution is -2.45. The van der Waals surface area contributed by atoms with Crippen molar-refractivity contribution in [2.75, 3.05) is 25.1 Å². The molecule has 0 radical (unpaired) electrons. The fraction of sp³-hybridized carbons (Fsp3) is 0.323. The van der Waals surface area contributed by atoms with Gasteiger partial charge in [-0.05, 0) is 43.7 Å². The largest absolute Gasteiger partial charge is 0.481 e. The number of carbonyl (C=O) groups is 1. The average Bonchev–Trinajstić information content (AvgIpc) is 3.79. The number of nitriles is 1. The predicted molar refractivity (Wildman–Crippen MR) is 158 cm³/mol. The van der Waals surface area contributed by atoms with Gasteiger partial charge in [0, 0.05) is 60.8 Å². The van der Waals surface area contributed by atoms with Gasteiger partial charge in [0.05, 0.1) is 48.7 Å². The highest BCUT2D eigenvalue weighted by Gasteiger charge is 2.47. The zero-order valence-electron chi connectivity index (χ0n) is 24.1. The molecule has 0 spiro atoms. The monoisotopic (exact) mass is 574 g/mol. The van der Waals surface area contributed by atoms with Gasteiger partial charge in [-0.25, -0.2) is 14.5 Å². The molecule has 1 N–H and O–H groups in total. The molecule has 12 heteroatoms. The van der Waals surface area contributed by atoms with E-state index in [1.807, 2.05) is 31.7 Å². The van der Waals surface area contributed by atoms with Crippen molar-refractivity contribution in [2.45, 2.75) is 25.3 Å². The Kier molecular flexibility index (Phi) is 6.30. The molecule has 6 heterocycles. The molecular weight excluding hydrogens is 544 g/mol. The molecule has 1 unspecified atom stereocenters. The third kappa shape index (κ3) is 4.82. The Hall–Kier alpha value is -5.31. The zero-order valence-corrected chi connectivity index (χ0v) is 24.1. The van der Waals surface area contributed by atoms with Gasteiger partial charge >= 0.3 is 0 Å². The fourth-order valence-electron chi connectivity index (χ4n) is 6.67. The van der Waals surface area contributed by atoms with E-state index in [-0.39, 0.29) is 11.4 Å². The van der Waals surface area contributed by atoms with E-state index in [0.29, 0.717) is 40.2 Å². The van der Waals surface area contributed by atoms with E-state index < -0.39 is 0 Å². The Bertz CT molecular complexity index is 1870. The van der Waals surface area contributed by atoms with Gasteiger partial charge in [0.1, 0.15) is 17.6 Å². The average molecular weight is 575 g/mol. The molecule has 2 aliphatic rings. The minimum Gasteiger partial charge on any atom is -0.481 e. The van der Waals surface area contributed by atoms with E-state index >= 15 is 0 Å². The summed E-state index contributed by atoms with van der Waals surface area (Å²) in [6.07, 6.45) is 12.5. The first-order valence-corrected chi connectivity index (χ1v) is 14.1. The molecule has 0 aromatic carbocycles. The van der Waals surface area contributed by atoms with Gasteiger partial charge in [0.15, 0.2) is 0 Å². The Morgan fingerprint density at radius 2 is 1.88 bits per heavy atom. The summed E-state index contributed by atoms with van der Waals surface area (Å²) in [6.45, 7) is 3.82. The second kappa shape index (κ2) is 10.2. The number of ether oxygens (including phenoxy) is 1. The second-order valence-electron chi connectivity index (χ2n) is 11.7. The summed E-state index contributed by atoms with van der Waals surface area (Å²) in [7, 11) is 3.41. The minimum atomic E-state index is -0.298. The van der Waals surface area contributed by atoms with Crippen LogP contribution in [0.2, 0.25) is 0 Å². The van der Waals surface area contributed by atoms with Crippen molar-refractivity contribution in [3.05, 3.63) is 72.7 Å². The van der Waals surface area contributed by atoms with E-state index in [4.69, 9.17) is 14.7 Å². The molecule has 12 nitrogen and oxygen atoms in total. The molecule has 5 aromatic heterocycles. The van der Waals surface area contributed by atoms with E-state index in [9.17, 15) is 10.1 Å². The number of anilines is 1. The van der Waals surface area contributed by atoms with Gasteiger partial charge in [-0.2, -0.15) is 15.5 Å². The highest BCUT2D eigenvalue weighted by atomic mass is 16.5. The molecule has 216 valence electrons. The minimum absolute atomic E-state index is 0.181. The van der Waals surface area contributed by atoms with Crippen molar-refractivity contribution in [2.24, 2.45) is 18.9 Å². The van der Waals surface area contributed by atoms with Crippen molar-refractivity contribution in [3.63, 3.8) is 0 Å². The van der Waals surface area contributed by atoms with Crippen molar-refractivity contribution in [1.29, 1.82) is 5.26 Å². The number of hydrogen-bond donors (Lipinski definition) is 1. The number of methoxy groups -OCH3 is 1. The molecule has 7 rings (SSSR count). The maximum absolute atomic E-state index is 13.0. The van der Waals surface area contributed by atoms with Crippen LogP contribution >= 0.6 is 0 Å². The van der Waals surface area contributed by atoms with Gasteiger partial charge in [-0.1, -0.05) is 6.07 Å². The first kappa shape index (κ1) is 26.6. The Labute approximate surface area is 248 Å². The number of fused-ring (bicyclic) bond motifs is 2. The number of carbonyl (C=O) groups excluding carboxylic acids is 1. The lowest BCUT2D eigenvalue weighted by molar-refractivity contribution is 0.0898. The summed E-state index contributed by atoms with van der Waals surface area (Å²) in [6, 6.07) is 9.45. The lowest BCUT2D eigenvalue weighted by Gasteiger charge is -2.28. The number of nitrogens with zero attached hydrogens (tertiary/aromatic N) is 9. The van der Waals surface area contributed by atoms with Crippen LogP contribution in [0.15, 0.2) is 61.4 Å². The smallest absolute Gasteiger partial charge is 0.270 e. The van der Waals surface area contributed by atoms with Crippen molar-refractivity contribution < 1.29 is 9.53 Å². The molecule has 1 amide bonds. The standard InChI is InChI=1S/C31H30N10O2/c1-31(38-30(42)25-5-4-6-28(37-25)43-3)8-20-16-40(17-21(20)9-31)27-14-33-26(13-34-27)24-7-19(23-12-35-39(2)15-23)18-41-29(24)22(10-32)11-36-41/h4-7,11-15,18,20-21H,8-9,16-17H2,1-3H3,(H,38,42)/t20-,21+,31?. The van der Waals surface area contributed by atoms with Crippen LogP contribution in [-0.2, 0) is 7.05 Å². The molecule has 5 aromatic rings. The van der Waals surface area contributed by atoms with Crippen LogP contribution in [0.1, 0.15) is 35.8 Å². The van der Waals surface area contributed by atoms with Crippen molar-refractivity contribution >= 4 is 17.2 Å². The summed E-state index contributed by atoms with van der Waals surface area (Å²) in [5.41, 5.74) is 4.53. The van der Waals surface area contributed by atoms with E-state index in [1.54, 1.807) is 46.0 Å². The topological polar surface area (TPSA) is 139 Å². The summed E-state index contributed by atoms with van der Waals surface area (Å²) < 4.78 is 8.63. The van der Waals surface area contributed by atoms with Gasteiger partial charge in [0.25, 0.3) is 5.91 Å². The van der Waals surface area contributed by atoms with E-state index in [1.165, 1.54) is 7.11 Å². The quantitative estimate of drug-likeness (QED) is 0.323. The molecule has 1 saturated carbocycles. The fourth-order valence-corrected chi connectivity index (χ4v) is 6.67. The third-order valence-electron chi connectivity index (χ3n) is 8.59. The molecule has 2 fully saturated rings. The second-order valence-corrected chi connectivity index (χ2v) is 11.7. The van der Waals surface area contributed by atoms with E-state index in [0.717, 1.165) is 48.4 Å². The molecule has 3 atom stereocenters. The normalized spacial score (nSPS) is 21.1.